The Morgan fingerprint density at radius 2 is 2.00 bits per heavy atom. The fourth-order valence-electron chi connectivity index (χ4n) is 2.11. The van der Waals surface area contributed by atoms with E-state index in [2.05, 4.69) is 11.9 Å². The van der Waals surface area contributed by atoms with Crippen LogP contribution in [0.4, 0.5) is 0 Å². The molecule has 0 fully saturated rings. The van der Waals surface area contributed by atoms with Gasteiger partial charge in [-0.3, -0.25) is 0 Å². The number of hydrogen-bond donors (Lipinski definition) is 0. The van der Waals surface area contributed by atoms with E-state index in [0.717, 1.165) is 29.5 Å². The molecule has 0 atom stereocenters. The molecule has 0 aliphatic carbocycles. The molecule has 0 saturated heterocycles. The summed E-state index contributed by atoms with van der Waals surface area (Å²) in [5.74, 6) is 1.17. The highest BCUT2D eigenvalue weighted by Gasteiger charge is 2.05. The standard InChI is InChI=1S/C16H20ClNO/c1-2-3-4-7-10-19-16-11-13(12-17)14-8-5-6-9-15(14)18-16/h5-6,8-9,11H,2-4,7,10,12H2,1H3. The van der Waals surface area contributed by atoms with Crippen LogP contribution in [0.25, 0.3) is 10.9 Å². The summed E-state index contributed by atoms with van der Waals surface area (Å²) in [7, 11) is 0. The fourth-order valence-corrected chi connectivity index (χ4v) is 2.33. The summed E-state index contributed by atoms with van der Waals surface area (Å²) >= 11 is 6.00. The van der Waals surface area contributed by atoms with Crippen LogP contribution in [0.5, 0.6) is 5.88 Å². The van der Waals surface area contributed by atoms with Crippen LogP contribution in [-0.4, -0.2) is 11.6 Å². The van der Waals surface area contributed by atoms with Gasteiger partial charge >= 0.3 is 0 Å². The maximum Gasteiger partial charge on any atom is 0.214 e. The van der Waals surface area contributed by atoms with Crippen molar-refractivity contribution in [3.05, 3.63) is 35.9 Å². The summed E-state index contributed by atoms with van der Waals surface area (Å²) in [6.45, 7) is 2.94. The van der Waals surface area contributed by atoms with E-state index in [4.69, 9.17) is 16.3 Å². The maximum atomic E-state index is 6.00. The first-order valence-corrected chi connectivity index (χ1v) is 7.46. The average molecular weight is 278 g/mol. The number of benzene rings is 1. The molecule has 1 aromatic carbocycles. The molecule has 0 aliphatic heterocycles. The first kappa shape index (κ1) is 14.1. The summed E-state index contributed by atoms with van der Waals surface area (Å²) in [5, 5.41) is 1.11. The van der Waals surface area contributed by atoms with E-state index >= 15 is 0 Å². The monoisotopic (exact) mass is 277 g/mol. The number of nitrogens with zero attached hydrogens (tertiary/aromatic N) is 1. The van der Waals surface area contributed by atoms with Crippen LogP contribution in [0.3, 0.4) is 0 Å². The summed E-state index contributed by atoms with van der Waals surface area (Å²) < 4.78 is 5.73. The molecule has 0 spiro atoms. The van der Waals surface area contributed by atoms with Gasteiger partial charge in [0, 0.05) is 17.3 Å². The Labute approximate surface area is 119 Å². The Morgan fingerprint density at radius 3 is 2.79 bits per heavy atom. The molecule has 0 bridgehead atoms. The number of unbranched alkanes of at least 4 members (excludes halogenated alkanes) is 3. The largest absolute Gasteiger partial charge is 0.478 e. The minimum atomic E-state index is 0.481. The van der Waals surface area contributed by atoms with Crippen molar-refractivity contribution in [1.29, 1.82) is 0 Å². The number of ether oxygens (including phenoxy) is 1. The van der Waals surface area contributed by atoms with E-state index in [1.54, 1.807) is 0 Å². The Kier molecular flexibility index (Phi) is 5.46. The topological polar surface area (TPSA) is 22.1 Å². The third kappa shape index (κ3) is 3.84. The maximum absolute atomic E-state index is 6.00. The van der Waals surface area contributed by atoms with Crippen molar-refractivity contribution in [2.24, 2.45) is 0 Å². The second-order valence-corrected chi connectivity index (χ2v) is 4.95. The molecule has 0 aliphatic rings. The van der Waals surface area contributed by atoms with Crippen LogP contribution in [-0.2, 0) is 5.88 Å². The van der Waals surface area contributed by atoms with Crippen LogP contribution in [0, 0.1) is 0 Å². The Hall–Kier alpha value is -1.28. The van der Waals surface area contributed by atoms with Crippen molar-refractivity contribution in [3.63, 3.8) is 0 Å². The molecule has 0 amide bonds. The molecule has 1 aromatic heterocycles. The molecule has 19 heavy (non-hydrogen) atoms. The van der Waals surface area contributed by atoms with Crippen molar-refractivity contribution in [2.45, 2.75) is 38.5 Å². The van der Waals surface area contributed by atoms with E-state index in [1.807, 2.05) is 30.3 Å². The normalized spacial score (nSPS) is 10.8. The number of fused-ring (bicyclic) bond motifs is 1. The number of halogens is 1. The van der Waals surface area contributed by atoms with Crippen LogP contribution in [0.2, 0.25) is 0 Å². The molecule has 0 N–H and O–H groups in total. The van der Waals surface area contributed by atoms with Gasteiger partial charge < -0.3 is 4.74 Å². The minimum Gasteiger partial charge on any atom is -0.478 e. The number of rotatable bonds is 7. The summed E-state index contributed by atoms with van der Waals surface area (Å²) in [6, 6.07) is 9.99. The minimum absolute atomic E-state index is 0.481. The van der Waals surface area contributed by atoms with Crippen LogP contribution >= 0.6 is 11.6 Å². The van der Waals surface area contributed by atoms with Gasteiger partial charge in [0.1, 0.15) is 0 Å². The summed E-state index contributed by atoms with van der Waals surface area (Å²) in [4.78, 5) is 4.52. The number of hydrogen-bond acceptors (Lipinski definition) is 2. The zero-order valence-corrected chi connectivity index (χ0v) is 12.1. The number of para-hydroxylation sites is 1. The second-order valence-electron chi connectivity index (χ2n) is 4.68. The van der Waals surface area contributed by atoms with Gasteiger partial charge in [-0.25, -0.2) is 4.98 Å². The lowest BCUT2D eigenvalue weighted by atomic mass is 10.1. The number of aromatic nitrogens is 1. The highest BCUT2D eigenvalue weighted by Crippen LogP contribution is 2.23. The lowest BCUT2D eigenvalue weighted by molar-refractivity contribution is 0.294. The Bertz CT molecular complexity index is 527. The summed E-state index contributed by atoms with van der Waals surface area (Å²) in [5.41, 5.74) is 2.03. The molecule has 2 aromatic rings. The van der Waals surface area contributed by atoms with E-state index in [0.29, 0.717) is 11.8 Å². The zero-order valence-electron chi connectivity index (χ0n) is 11.4. The van der Waals surface area contributed by atoms with Gasteiger partial charge in [0.2, 0.25) is 5.88 Å². The zero-order chi connectivity index (χ0) is 13.5. The second kappa shape index (κ2) is 7.34. The molecule has 2 rings (SSSR count). The van der Waals surface area contributed by atoms with Crippen molar-refractivity contribution in [2.75, 3.05) is 6.61 Å². The first-order chi connectivity index (χ1) is 9.35. The molecule has 0 saturated carbocycles. The molecular formula is C16H20ClNO. The van der Waals surface area contributed by atoms with E-state index in [1.165, 1.54) is 19.3 Å². The fraction of sp³-hybridized carbons (Fsp3) is 0.438. The Morgan fingerprint density at radius 1 is 1.16 bits per heavy atom. The van der Waals surface area contributed by atoms with E-state index in [9.17, 15) is 0 Å². The van der Waals surface area contributed by atoms with Crippen molar-refractivity contribution < 1.29 is 4.74 Å². The van der Waals surface area contributed by atoms with Crippen LogP contribution < -0.4 is 4.74 Å². The first-order valence-electron chi connectivity index (χ1n) is 6.92. The SMILES string of the molecule is CCCCCCOc1cc(CCl)c2ccccc2n1. The van der Waals surface area contributed by atoms with E-state index in [-0.39, 0.29) is 0 Å². The highest BCUT2D eigenvalue weighted by atomic mass is 35.5. The Balaban J connectivity index is 2.07. The molecule has 102 valence electrons. The number of alkyl halides is 1. The summed E-state index contributed by atoms with van der Waals surface area (Å²) in [6.07, 6.45) is 4.80. The molecular weight excluding hydrogens is 258 g/mol. The lowest BCUT2D eigenvalue weighted by Crippen LogP contribution is -2.00. The smallest absolute Gasteiger partial charge is 0.214 e. The van der Waals surface area contributed by atoms with Crippen LogP contribution in [0.15, 0.2) is 30.3 Å². The van der Waals surface area contributed by atoms with Gasteiger partial charge in [-0.05, 0) is 18.1 Å². The van der Waals surface area contributed by atoms with Gasteiger partial charge in [-0.2, -0.15) is 0 Å². The predicted molar refractivity (Wildman–Crippen MR) is 80.9 cm³/mol. The predicted octanol–water partition coefficient (Wildman–Crippen LogP) is 4.93. The third-order valence-corrected chi connectivity index (χ3v) is 3.46. The van der Waals surface area contributed by atoms with Gasteiger partial charge in [0.05, 0.1) is 12.1 Å². The van der Waals surface area contributed by atoms with E-state index < -0.39 is 0 Å². The van der Waals surface area contributed by atoms with Gasteiger partial charge in [-0.1, -0.05) is 44.4 Å². The molecule has 0 radical (unpaired) electrons. The van der Waals surface area contributed by atoms with Gasteiger partial charge in [0.15, 0.2) is 0 Å². The van der Waals surface area contributed by atoms with Gasteiger partial charge in [0.25, 0.3) is 0 Å². The average Bonchev–Trinajstić information content (AvgIpc) is 2.46. The van der Waals surface area contributed by atoms with Crippen molar-refractivity contribution in [1.82, 2.24) is 4.98 Å². The van der Waals surface area contributed by atoms with Crippen LogP contribution in [0.1, 0.15) is 38.2 Å². The highest BCUT2D eigenvalue weighted by molar-refractivity contribution is 6.18. The molecule has 3 heteroatoms. The van der Waals surface area contributed by atoms with Crippen molar-refractivity contribution in [3.8, 4) is 5.88 Å². The van der Waals surface area contributed by atoms with Gasteiger partial charge in [-0.15, -0.1) is 11.6 Å². The molecule has 0 unspecified atom stereocenters. The quantitative estimate of drug-likeness (QED) is 0.529. The molecule has 1 heterocycles. The lowest BCUT2D eigenvalue weighted by Gasteiger charge is -2.09. The third-order valence-electron chi connectivity index (χ3n) is 3.17. The number of pyridine rings is 1. The van der Waals surface area contributed by atoms with Crippen molar-refractivity contribution >= 4 is 22.5 Å². The molecule has 2 nitrogen and oxygen atoms in total.